The molecule has 1 aliphatic heterocycles. The van der Waals surface area contributed by atoms with Gasteiger partial charge in [-0.2, -0.15) is 0 Å². The van der Waals surface area contributed by atoms with E-state index in [1.807, 2.05) is 4.90 Å². The van der Waals surface area contributed by atoms with E-state index in [-0.39, 0.29) is 11.8 Å². The number of piperidine rings is 1. The van der Waals surface area contributed by atoms with Gasteiger partial charge in [0, 0.05) is 13.1 Å². The van der Waals surface area contributed by atoms with Crippen molar-refractivity contribution in [2.75, 3.05) is 26.2 Å². The minimum atomic E-state index is -0.749. The summed E-state index contributed by atoms with van der Waals surface area (Å²) in [5.41, 5.74) is 0. The van der Waals surface area contributed by atoms with Crippen LogP contribution >= 0.6 is 0 Å². The van der Waals surface area contributed by atoms with Gasteiger partial charge >= 0.3 is 5.97 Å². The first-order valence-electron chi connectivity index (χ1n) is 6.35. The maximum absolute atomic E-state index is 11.6. The number of carboxylic acids is 1. The highest BCUT2D eigenvalue weighted by atomic mass is 16.4. The molecule has 0 saturated carbocycles. The van der Waals surface area contributed by atoms with E-state index in [0.717, 1.165) is 32.2 Å². The van der Waals surface area contributed by atoms with Crippen LogP contribution in [-0.2, 0) is 9.59 Å². The van der Waals surface area contributed by atoms with Crippen molar-refractivity contribution >= 4 is 11.9 Å². The van der Waals surface area contributed by atoms with Crippen molar-refractivity contribution in [3.05, 3.63) is 0 Å². The van der Waals surface area contributed by atoms with Crippen LogP contribution in [0.5, 0.6) is 0 Å². The van der Waals surface area contributed by atoms with Gasteiger partial charge in [-0.3, -0.25) is 14.5 Å². The molecule has 1 saturated heterocycles. The number of hydrogen-bond acceptors (Lipinski definition) is 3. The molecule has 17 heavy (non-hydrogen) atoms. The molecule has 5 nitrogen and oxygen atoms in total. The zero-order chi connectivity index (χ0) is 12.7. The summed E-state index contributed by atoms with van der Waals surface area (Å²) in [5, 5.41) is 11.8. The van der Waals surface area contributed by atoms with Gasteiger partial charge in [0.15, 0.2) is 0 Å². The van der Waals surface area contributed by atoms with E-state index >= 15 is 0 Å². The molecule has 1 fully saturated rings. The van der Waals surface area contributed by atoms with Crippen molar-refractivity contribution < 1.29 is 14.7 Å². The molecule has 98 valence electrons. The van der Waals surface area contributed by atoms with E-state index in [9.17, 15) is 9.59 Å². The molecule has 0 aromatic carbocycles. The van der Waals surface area contributed by atoms with Gasteiger partial charge in [-0.1, -0.05) is 13.3 Å². The van der Waals surface area contributed by atoms with Crippen molar-refractivity contribution in [1.82, 2.24) is 10.2 Å². The molecule has 2 N–H and O–H groups in total. The third kappa shape index (κ3) is 5.17. The van der Waals surface area contributed by atoms with Gasteiger partial charge in [-0.15, -0.1) is 0 Å². The maximum atomic E-state index is 11.6. The molecule has 0 spiro atoms. The summed E-state index contributed by atoms with van der Waals surface area (Å²) in [4.78, 5) is 24.4. The standard InChI is InChI=1S/C12H22N2O3/c1-2-3-6-13-11(15)9-14-7-4-5-10(8-14)12(16)17/h10H,2-9H2,1H3,(H,13,15)(H,16,17)/t10-/m0/s1. The van der Waals surface area contributed by atoms with Gasteiger partial charge in [0.05, 0.1) is 12.5 Å². The normalized spacial score (nSPS) is 21.1. The lowest BCUT2D eigenvalue weighted by molar-refractivity contribution is -0.144. The van der Waals surface area contributed by atoms with Crippen LogP contribution < -0.4 is 5.32 Å². The van der Waals surface area contributed by atoms with Crippen LogP contribution in [0.3, 0.4) is 0 Å². The minimum absolute atomic E-state index is 0.00416. The van der Waals surface area contributed by atoms with Gasteiger partial charge in [-0.25, -0.2) is 0 Å². The molecular formula is C12H22N2O3. The Kier molecular flexibility index (Phi) is 5.97. The zero-order valence-electron chi connectivity index (χ0n) is 10.4. The van der Waals surface area contributed by atoms with E-state index in [1.54, 1.807) is 0 Å². The highest BCUT2D eigenvalue weighted by Crippen LogP contribution is 2.15. The summed E-state index contributed by atoms with van der Waals surface area (Å²) >= 11 is 0. The van der Waals surface area contributed by atoms with Crippen LogP contribution in [0.4, 0.5) is 0 Å². The Hall–Kier alpha value is -1.10. The second-order valence-electron chi connectivity index (χ2n) is 4.62. The average Bonchev–Trinajstić information content (AvgIpc) is 2.29. The number of likely N-dealkylation sites (tertiary alicyclic amines) is 1. The molecule has 1 atom stereocenters. The van der Waals surface area contributed by atoms with E-state index in [0.29, 0.717) is 19.6 Å². The predicted octanol–water partition coefficient (Wildman–Crippen LogP) is 0.699. The number of rotatable bonds is 6. The molecule has 5 heteroatoms. The quantitative estimate of drug-likeness (QED) is 0.673. The van der Waals surface area contributed by atoms with Crippen LogP contribution in [0.15, 0.2) is 0 Å². The smallest absolute Gasteiger partial charge is 0.307 e. The van der Waals surface area contributed by atoms with Crippen molar-refractivity contribution in [3.8, 4) is 0 Å². The van der Waals surface area contributed by atoms with Gasteiger partial charge < -0.3 is 10.4 Å². The molecule has 1 aliphatic rings. The fourth-order valence-electron chi connectivity index (χ4n) is 2.06. The highest BCUT2D eigenvalue weighted by Gasteiger charge is 2.26. The van der Waals surface area contributed by atoms with Gasteiger partial charge in [0.2, 0.25) is 5.91 Å². The Balaban J connectivity index is 2.26. The third-order valence-corrected chi connectivity index (χ3v) is 3.07. The monoisotopic (exact) mass is 242 g/mol. The lowest BCUT2D eigenvalue weighted by Gasteiger charge is -2.29. The number of hydrogen-bond donors (Lipinski definition) is 2. The first kappa shape index (κ1) is 14.0. The number of carboxylic acid groups (broad SMARTS) is 1. The first-order chi connectivity index (χ1) is 8.13. The number of carbonyl (C=O) groups is 2. The largest absolute Gasteiger partial charge is 0.481 e. The van der Waals surface area contributed by atoms with E-state index in [2.05, 4.69) is 12.2 Å². The number of carbonyl (C=O) groups excluding carboxylic acids is 1. The van der Waals surface area contributed by atoms with Gasteiger partial charge in [0.1, 0.15) is 0 Å². The predicted molar refractivity (Wildman–Crippen MR) is 64.7 cm³/mol. The van der Waals surface area contributed by atoms with Crippen LogP contribution in [0.2, 0.25) is 0 Å². The first-order valence-corrected chi connectivity index (χ1v) is 6.35. The number of nitrogens with one attached hydrogen (secondary N) is 1. The van der Waals surface area contributed by atoms with Crippen LogP contribution in [0.25, 0.3) is 0 Å². The Bertz CT molecular complexity index is 268. The summed E-state index contributed by atoms with van der Waals surface area (Å²) in [7, 11) is 0. The number of amides is 1. The van der Waals surface area contributed by atoms with E-state index in [4.69, 9.17) is 5.11 Å². The topological polar surface area (TPSA) is 69.6 Å². The Morgan fingerprint density at radius 1 is 1.47 bits per heavy atom. The van der Waals surface area contributed by atoms with Crippen LogP contribution in [0, 0.1) is 5.92 Å². The zero-order valence-corrected chi connectivity index (χ0v) is 10.4. The third-order valence-electron chi connectivity index (χ3n) is 3.07. The van der Waals surface area contributed by atoms with Crippen molar-refractivity contribution in [1.29, 1.82) is 0 Å². The lowest BCUT2D eigenvalue weighted by atomic mass is 9.98. The van der Waals surface area contributed by atoms with Crippen LogP contribution in [-0.4, -0.2) is 48.1 Å². The molecule has 1 heterocycles. The molecular weight excluding hydrogens is 220 g/mol. The second-order valence-corrected chi connectivity index (χ2v) is 4.62. The van der Waals surface area contributed by atoms with E-state index < -0.39 is 5.97 Å². The Morgan fingerprint density at radius 3 is 2.88 bits per heavy atom. The second kappa shape index (κ2) is 7.27. The summed E-state index contributed by atoms with van der Waals surface area (Å²) in [5.74, 6) is -1.06. The maximum Gasteiger partial charge on any atom is 0.307 e. The minimum Gasteiger partial charge on any atom is -0.481 e. The molecule has 1 amide bonds. The summed E-state index contributed by atoms with van der Waals surface area (Å²) in [6, 6.07) is 0. The molecule has 0 aromatic heterocycles. The molecule has 0 radical (unpaired) electrons. The summed E-state index contributed by atoms with van der Waals surface area (Å²) in [6.07, 6.45) is 3.64. The lowest BCUT2D eigenvalue weighted by Crippen LogP contribution is -2.44. The number of nitrogens with zero attached hydrogens (tertiary/aromatic N) is 1. The van der Waals surface area contributed by atoms with Crippen molar-refractivity contribution in [2.24, 2.45) is 5.92 Å². The van der Waals surface area contributed by atoms with E-state index in [1.165, 1.54) is 0 Å². The van der Waals surface area contributed by atoms with Gasteiger partial charge in [0.25, 0.3) is 0 Å². The Labute approximate surface area is 102 Å². The molecule has 0 bridgehead atoms. The Morgan fingerprint density at radius 2 is 2.24 bits per heavy atom. The van der Waals surface area contributed by atoms with Crippen molar-refractivity contribution in [2.45, 2.75) is 32.6 Å². The summed E-state index contributed by atoms with van der Waals surface area (Å²) < 4.78 is 0. The SMILES string of the molecule is CCCCNC(=O)CN1CCC[C@H](C(=O)O)C1. The molecule has 0 unspecified atom stereocenters. The average molecular weight is 242 g/mol. The fraction of sp³-hybridized carbons (Fsp3) is 0.833. The number of unbranched alkanes of at least 4 members (excludes halogenated alkanes) is 1. The van der Waals surface area contributed by atoms with Crippen molar-refractivity contribution in [3.63, 3.8) is 0 Å². The number of aliphatic carboxylic acids is 1. The van der Waals surface area contributed by atoms with Gasteiger partial charge in [-0.05, 0) is 25.8 Å². The molecule has 0 aromatic rings. The fourth-order valence-corrected chi connectivity index (χ4v) is 2.06. The highest BCUT2D eigenvalue weighted by molar-refractivity contribution is 5.78. The molecule has 0 aliphatic carbocycles. The molecule has 1 rings (SSSR count). The summed E-state index contributed by atoms with van der Waals surface area (Å²) in [6.45, 7) is 4.44. The van der Waals surface area contributed by atoms with Crippen LogP contribution in [0.1, 0.15) is 32.6 Å².